The normalized spacial score (nSPS) is 20.6. The highest BCUT2D eigenvalue weighted by molar-refractivity contribution is 5.85. The molecule has 0 aliphatic heterocycles. The van der Waals surface area contributed by atoms with E-state index in [0.29, 0.717) is 19.4 Å². The Morgan fingerprint density at radius 1 is 1.33 bits per heavy atom. The summed E-state index contributed by atoms with van der Waals surface area (Å²) in [6.45, 7) is 0.558. The average Bonchev–Trinajstić information content (AvgIpc) is 3.14. The number of carbonyl (C=O) groups excluding carboxylic acids is 1. The maximum Gasteiger partial charge on any atom is 0.416 e. The number of alkyl halides is 3. The zero-order chi connectivity index (χ0) is 14.8. The molecule has 1 aliphatic rings. The van der Waals surface area contributed by atoms with Gasteiger partial charge in [0, 0.05) is 24.9 Å². The lowest BCUT2D eigenvalue weighted by molar-refractivity contribution is -0.138. The number of benzene rings is 1. The van der Waals surface area contributed by atoms with Crippen molar-refractivity contribution in [1.82, 2.24) is 10.6 Å². The second kappa shape index (κ2) is 7.13. The maximum atomic E-state index is 12.9. The van der Waals surface area contributed by atoms with Crippen LogP contribution in [0.4, 0.5) is 13.2 Å². The molecule has 1 aromatic carbocycles. The van der Waals surface area contributed by atoms with E-state index in [1.807, 2.05) is 0 Å². The number of nitrogens with one attached hydrogen (secondary N) is 2. The Bertz CT molecular complexity index is 493. The summed E-state index contributed by atoms with van der Waals surface area (Å²) in [6, 6.07) is 5.39. The van der Waals surface area contributed by atoms with Gasteiger partial charge in [-0.15, -0.1) is 12.4 Å². The highest BCUT2D eigenvalue weighted by Gasteiger charge is 2.44. The van der Waals surface area contributed by atoms with Crippen LogP contribution in [0.3, 0.4) is 0 Å². The van der Waals surface area contributed by atoms with Crippen LogP contribution in [-0.2, 0) is 11.0 Å². The Kier molecular flexibility index (Phi) is 6.04. The van der Waals surface area contributed by atoms with Crippen LogP contribution in [0.15, 0.2) is 24.3 Å². The fourth-order valence-electron chi connectivity index (χ4n) is 2.29. The Hall–Kier alpha value is -1.27. The summed E-state index contributed by atoms with van der Waals surface area (Å²) in [6.07, 6.45) is -3.45. The Balaban J connectivity index is 0.00000220. The van der Waals surface area contributed by atoms with Crippen molar-refractivity contribution < 1.29 is 18.0 Å². The summed E-state index contributed by atoms with van der Waals surface area (Å²) in [4.78, 5) is 11.5. The van der Waals surface area contributed by atoms with Crippen LogP contribution in [0.1, 0.15) is 29.9 Å². The molecule has 2 unspecified atom stereocenters. The molecule has 0 bridgehead atoms. The van der Waals surface area contributed by atoms with Gasteiger partial charge in [0.2, 0.25) is 5.91 Å². The molecule has 0 spiro atoms. The summed E-state index contributed by atoms with van der Waals surface area (Å²) in [5.74, 6) is -0.359. The monoisotopic (exact) mass is 322 g/mol. The van der Waals surface area contributed by atoms with Crippen molar-refractivity contribution in [1.29, 1.82) is 0 Å². The number of carbonyl (C=O) groups is 1. The van der Waals surface area contributed by atoms with E-state index < -0.39 is 11.7 Å². The molecule has 1 fully saturated rings. The summed E-state index contributed by atoms with van der Waals surface area (Å²) >= 11 is 0. The third kappa shape index (κ3) is 4.61. The SMILES string of the molecule is CNCCC(=O)NC1CC1c1ccccc1C(F)(F)F.Cl. The Morgan fingerprint density at radius 3 is 2.62 bits per heavy atom. The van der Waals surface area contributed by atoms with Gasteiger partial charge in [0.1, 0.15) is 0 Å². The van der Waals surface area contributed by atoms with Crippen LogP contribution < -0.4 is 10.6 Å². The first-order valence-corrected chi connectivity index (χ1v) is 6.53. The third-order valence-electron chi connectivity index (χ3n) is 3.40. The molecule has 0 aromatic heterocycles. The Morgan fingerprint density at radius 2 is 2.00 bits per heavy atom. The van der Waals surface area contributed by atoms with Gasteiger partial charge in [-0.3, -0.25) is 4.79 Å². The van der Waals surface area contributed by atoms with E-state index in [1.165, 1.54) is 12.1 Å². The van der Waals surface area contributed by atoms with Gasteiger partial charge in [0.15, 0.2) is 0 Å². The van der Waals surface area contributed by atoms with Gasteiger partial charge in [-0.25, -0.2) is 0 Å². The summed E-state index contributed by atoms with van der Waals surface area (Å²) in [5.41, 5.74) is -0.323. The number of halogens is 4. The first-order chi connectivity index (χ1) is 9.43. The first-order valence-electron chi connectivity index (χ1n) is 6.53. The zero-order valence-electron chi connectivity index (χ0n) is 11.5. The highest BCUT2D eigenvalue weighted by atomic mass is 35.5. The molecule has 1 amide bonds. The number of rotatable bonds is 5. The van der Waals surface area contributed by atoms with Crippen molar-refractivity contribution in [2.75, 3.05) is 13.6 Å². The molecule has 7 heteroatoms. The molecule has 2 rings (SSSR count). The van der Waals surface area contributed by atoms with Crippen molar-refractivity contribution in [2.24, 2.45) is 0 Å². The number of amides is 1. The van der Waals surface area contributed by atoms with Crippen LogP contribution >= 0.6 is 12.4 Å². The molecule has 0 radical (unpaired) electrons. The smallest absolute Gasteiger partial charge is 0.353 e. The van der Waals surface area contributed by atoms with E-state index in [1.54, 1.807) is 13.1 Å². The van der Waals surface area contributed by atoms with Gasteiger partial charge in [0.25, 0.3) is 0 Å². The quantitative estimate of drug-likeness (QED) is 0.875. The molecule has 1 aliphatic carbocycles. The van der Waals surface area contributed by atoms with Gasteiger partial charge in [-0.2, -0.15) is 13.2 Å². The molecule has 0 saturated heterocycles. The molecule has 3 nitrogen and oxygen atoms in total. The lowest BCUT2D eigenvalue weighted by atomic mass is 10.0. The van der Waals surface area contributed by atoms with E-state index in [-0.39, 0.29) is 35.8 Å². The van der Waals surface area contributed by atoms with Crippen molar-refractivity contribution in [2.45, 2.75) is 31.0 Å². The van der Waals surface area contributed by atoms with Crippen LogP contribution in [0.25, 0.3) is 0 Å². The van der Waals surface area contributed by atoms with Gasteiger partial charge < -0.3 is 10.6 Å². The number of hydrogen-bond acceptors (Lipinski definition) is 2. The lowest BCUT2D eigenvalue weighted by Crippen LogP contribution is -2.29. The minimum absolute atomic E-state index is 0. The molecule has 1 aromatic rings. The summed E-state index contributed by atoms with van der Waals surface area (Å²) < 4.78 is 38.7. The molecule has 118 valence electrons. The van der Waals surface area contributed by atoms with Crippen LogP contribution in [0, 0.1) is 0 Å². The third-order valence-corrected chi connectivity index (χ3v) is 3.40. The molecule has 0 heterocycles. The predicted octanol–water partition coefficient (Wildman–Crippen LogP) is 2.71. The van der Waals surface area contributed by atoms with Crippen molar-refractivity contribution in [3.63, 3.8) is 0 Å². The molecular weight excluding hydrogens is 305 g/mol. The summed E-state index contributed by atoms with van der Waals surface area (Å²) in [5, 5.41) is 5.62. The second-order valence-electron chi connectivity index (χ2n) is 4.95. The second-order valence-corrected chi connectivity index (χ2v) is 4.95. The minimum Gasteiger partial charge on any atom is -0.353 e. The fourth-order valence-corrected chi connectivity index (χ4v) is 2.29. The largest absolute Gasteiger partial charge is 0.416 e. The van der Waals surface area contributed by atoms with Crippen molar-refractivity contribution in [3.8, 4) is 0 Å². The predicted molar refractivity (Wildman–Crippen MR) is 76.5 cm³/mol. The molecule has 2 N–H and O–H groups in total. The average molecular weight is 323 g/mol. The van der Waals surface area contributed by atoms with Gasteiger partial charge in [0.05, 0.1) is 5.56 Å². The zero-order valence-corrected chi connectivity index (χ0v) is 12.4. The maximum absolute atomic E-state index is 12.9. The van der Waals surface area contributed by atoms with E-state index in [2.05, 4.69) is 10.6 Å². The number of hydrogen-bond donors (Lipinski definition) is 2. The fraction of sp³-hybridized carbons (Fsp3) is 0.500. The Labute approximate surface area is 127 Å². The van der Waals surface area contributed by atoms with Crippen LogP contribution in [0.5, 0.6) is 0 Å². The molecule has 1 saturated carbocycles. The van der Waals surface area contributed by atoms with Crippen LogP contribution in [0.2, 0.25) is 0 Å². The van der Waals surface area contributed by atoms with E-state index in [0.717, 1.165) is 6.07 Å². The molecule has 2 atom stereocenters. The van der Waals surface area contributed by atoms with Gasteiger partial charge >= 0.3 is 6.18 Å². The van der Waals surface area contributed by atoms with E-state index >= 15 is 0 Å². The van der Waals surface area contributed by atoms with Gasteiger partial charge in [-0.1, -0.05) is 18.2 Å². The summed E-state index contributed by atoms with van der Waals surface area (Å²) in [7, 11) is 1.74. The van der Waals surface area contributed by atoms with Crippen molar-refractivity contribution in [3.05, 3.63) is 35.4 Å². The van der Waals surface area contributed by atoms with Crippen molar-refractivity contribution >= 4 is 18.3 Å². The highest BCUT2D eigenvalue weighted by Crippen LogP contribution is 2.46. The lowest BCUT2D eigenvalue weighted by Gasteiger charge is -2.12. The first kappa shape index (κ1) is 17.8. The molecule has 21 heavy (non-hydrogen) atoms. The minimum atomic E-state index is -4.35. The van der Waals surface area contributed by atoms with Crippen LogP contribution in [-0.4, -0.2) is 25.5 Å². The molecular formula is C14H18ClF3N2O. The van der Waals surface area contributed by atoms with Gasteiger partial charge in [-0.05, 0) is 25.1 Å². The standard InChI is InChI=1S/C14H17F3N2O.ClH/c1-18-7-6-13(20)19-12-8-10(12)9-4-2-3-5-11(9)14(15,16)17;/h2-5,10,12,18H,6-8H2,1H3,(H,19,20);1H. The van der Waals surface area contributed by atoms with E-state index in [9.17, 15) is 18.0 Å². The topological polar surface area (TPSA) is 41.1 Å². The van der Waals surface area contributed by atoms with E-state index in [4.69, 9.17) is 0 Å².